The Hall–Kier alpha value is -0.780. The van der Waals surface area contributed by atoms with Crippen LogP contribution in [-0.2, 0) is 4.79 Å². The van der Waals surface area contributed by atoms with Crippen molar-refractivity contribution in [3.05, 3.63) is 0 Å². The molecule has 0 aromatic rings. The Balaban J connectivity index is 2.48. The van der Waals surface area contributed by atoms with Crippen molar-refractivity contribution in [3.8, 4) is 0 Å². The average molecular weight is 309 g/mol. The number of hydrogen-bond donors (Lipinski definition) is 2. The second-order valence-electron chi connectivity index (χ2n) is 6.91. The summed E-state index contributed by atoms with van der Waals surface area (Å²) in [6, 6.07) is 0. The predicted octanol–water partition coefficient (Wildman–Crippen LogP) is 3.27. The van der Waals surface area contributed by atoms with Gasteiger partial charge in [-0.15, -0.1) is 0 Å². The molecule has 0 aliphatic heterocycles. The number of amides is 1. The van der Waals surface area contributed by atoms with Gasteiger partial charge in [0.1, 0.15) is 0 Å². The normalized spacial score (nSPS) is 26.5. The molecule has 0 aromatic heterocycles. The molecule has 0 bridgehead atoms. The van der Waals surface area contributed by atoms with Crippen LogP contribution in [0.3, 0.4) is 0 Å². The van der Waals surface area contributed by atoms with Gasteiger partial charge in [0.15, 0.2) is 0 Å². The van der Waals surface area contributed by atoms with E-state index in [2.05, 4.69) is 5.32 Å². The van der Waals surface area contributed by atoms with Crippen LogP contribution < -0.4 is 5.32 Å². The van der Waals surface area contributed by atoms with Crippen LogP contribution in [0.1, 0.15) is 52.9 Å². The standard InChI is InChI=1S/C15H26F3NO2/c1-10(2)8-14(3,21)9-19-13(20)11-5-4-6-12(7-11)15(16,17)18/h10-12,21H,4-9H2,1-3H3,(H,19,20). The molecule has 3 nitrogen and oxygen atoms in total. The van der Waals surface area contributed by atoms with E-state index in [1.54, 1.807) is 6.92 Å². The van der Waals surface area contributed by atoms with Gasteiger partial charge in [-0.25, -0.2) is 0 Å². The van der Waals surface area contributed by atoms with Crippen molar-refractivity contribution in [2.24, 2.45) is 17.8 Å². The number of aliphatic hydroxyl groups is 1. The highest BCUT2D eigenvalue weighted by atomic mass is 19.4. The van der Waals surface area contributed by atoms with Crippen molar-refractivity contribution < 1.29 is 23.1 Å². The van der Waals surface area contributed by atoms with Crippen molar-refractivity contribution >= 4 is 5.91 Å². The molecule has 124 valence electrons. The molecule has 3 unspecified atom stereocenters. The molecule has 1 rings (SSSR count). The van der Waals surface area contributed by atoms with Gasteiger partial charge in [-0.05, 0) is 38.5 Å². The third kappa shape index (κ3) is 6.24. The highest BCUT2D eigenvalue weighted by Gasteiger charge is 2.43. The molecular weight excluding hydrogens is 283 g/mol. The summed E-state index contributed by atoms with van der Waals surface area (Å²) in [5.41, 5.74) is -1.03. The summed E-state index contributed by atoms with van der Waals surface area (Å²) >= 11 is 0. The fourth-order valence-corrected chi connectivity index (χ4v) is 3.10. The lowest BCUT2D eigenvalue weighted by Crippen LogP contribution is -2.45. The number of halogens is 3. The molecule has 0 heterocycles. The molecule has 2 N–H and O–H groups in total. The summed E-state index contributed by atoms with van der Waals surface area (Å²) < 4.78 is 38.2. The summed E-state index contributed by atoms with van der Waals surface area (Å²) in [6.45, 7) is 5.64. The highest BCUT2D eigenvalue weighted by molar-refractivity contribution is 5.78. The predicted molar refractivity (Wildman–Crippen MR) is 74.6 cm³/mol. The van der Waals surface area contributed by atoms with Gasteiger partial charge in [0.2, 0.25) is 5.91 Å². The topological polar surface area (TPSA) is 49.3 Å². The number of hydrogen-bond acceptors (Lipinski definition) is 2. The Morgan fingerprint density at radius 3 is 2.48 bits per heavy atom. The Bertz CT molecular complexity index is 353. The number of carbonyl (C=O) groups excluding carboxylic acids is 1. The van der Waals surface area contributed by atoms with Crippen LogP contribution in [-0.4, -0.2) is 29.3 Å². The molecule has 6 heteroatoms. The zero-order chi connectivity index (χ0) is 16.3. The molecule has 1 aliphatic rings. The van der Waals surface area contributed by atoms with Crippen molar-refractivity contribution in [2.45, 2.75) is 64.7 Å². The van der Waals surface area contributed by atoms with Crippen LogP contribution in [0.5, 0.6) is 0 Å². The minimum Gasteiger partial charge on any atom is -0.388 e. The smallest absolute Gasteiger partial charge is 0.388 e. The van der Waals surface area contributed by atoms with Gasteiger partial charge in [-0.1, -0.05) is 20.3 Å². The number of alkyl halides is 3. The maximum Gasteiger partial charge on any atom is 0.391 e. The van der Waals surface area contributed by atoms with Crippen molar-refractivity contribution in [2.75, 3.05) is 6.54 Å². The third-order valence-electron chi connectivity index (χ3n) is 4.00. The van der Waals surface area contributed by atoms with Crippen LogP contribution in [0.2, 0.25) is 0 Å². The minimum atomic E-state index is -4.22. The van der Waals surface area contributed by atoms with Crippen LogP contribution in [0.15, 0.2) is 0 Å². The van der Waals surface area contributed by atoms with Crippen LogP contribution >= 0.6 is 0 Å². The quantitative estimate of drug-likeness (QED) is 0.819. The Labute approximate surface area is 124 Å². The molecule has 1 saturated carbocycles. The number of carbonyl (C=O) groups is 1. The van der Waals surface area contributed by atoms with E-state index in [-0.39, 0.29) is 31.2 Å². The van der Waals surface area contributed by atoms with Gasteiger partial charge in [-0.2, -0.15) is 13.2 Å². The molecule has 0 saturated heterocycles. The summed E-state index contributed by atoms with van der Waals surface area (Å²) in [6.07, 6.45) is -2.80. The lowest BCUT2D eigenvalue weighted by Gasteiger charge is -2.31. The van der Waals surface area contributed by atoms with Crippen molar-refractivity contribution in [3.63, 3.8) is 0 Å². The largest absolute Gasteiger partial charge is 0.391 e. The van der Waals surface area contributed by atoms with Crippen LogP contribution in [0.4, 0.5) is 13.2 Å². The van der Waals surface area contributed by atoms with Gasteiger partial charge in [0.05, 0.1) is 11.5 Å². The van der Waals surface area contributed by atoms with Gasteiger partial charge < -0.3 is 10.4 Å². The summed E-state index contributed by atoms with van der Waals surface area (Å²) in [5.74, 6) is -2.06. The Morgan fingerprint density at radius 1 is 1.33 bits per heavy atom. The number of rotatable bonds is 5. The first-order valence-electron chi connectivity index (χ1n) is 7.58. The summed E-state index contributed by atoms with van der Waals surface area (Å²) in [5, 5.41) is 12.7. The van der Waals surface area contributed by atoms with E-state index >= 15 is 0 Å². The molecule has 0 radical (unpaired) electrons. The van der Waals surface area contributed by atoms with Gasteiger partial charge in [0.25, 0.3) is 0 Å². The van der Waals surface area contributed by atoms with E-state index in [1.165, 1.54) is 0 Å². The SMILES string of the molecule is CC(C)CC(C)(O)CNC(=O)C1CCCC(C(F)(F)F)C1. The first kappa shape index (κ1) is 18.3. The molecule has 1 fully saturated rings. The Kier molecular flexibility index (Phi) is 6.08. The fraction of sp³-hybridized carbons (Fsp3) is 0.933. The van der Waals surface area contributed by atoms with E-state index in [0.29, 0.717) is 19.3 Å². The maximum atomic E-state index is 12.7. The first-order valence-corrected chi connectivity index (χ1v) is 7.58. The van der Waals surface area contributed by atoms with Crippen molar-refractivity contribution in [1.29, 1.82) is 0 Å². The van der Waals surface area contributed by atoms with Crippen LogP contribution in [0, 0.1) is 17.8 Å². The van der Waals surface area contributed by atoms with E-state index in [4.69, 9.17) is 0 Å². The Morgan fingerprint density at radius 2 is 1.95 bits per heavy atom. The molecule has 0 spiro atoms. The third-order valence-corrected chi connectivity index (χ3v) is 4.00. The van der Waals surface area contributed by atoms with Crippen LogP contribution in [0.25, 0.3) is 0 Å². The molecule has 0 aromatic carbocycles. The second-order valence-corrected chi connectivity index (χ2v) is 6.91. The zero-order valence-electron chi connectivity index (χ0n) is 13.0. The van der Waals surface area contributed by atoms with Crippen molar-refractivity contribution in [1.82, 2.24) is 5.32 Å². The fourth-order valence-electron chi connectivity index (χ4n) is 3.10. The molecule has 3 atom stereocenters. The average Bonchev–Trinajstić information content (AvgIpc) is 2.33. The summed E-state index contributed by atoms with van der Waals surface area (Å²) in [7, 11) is 0. The van der Waals surface area contributed by atoms with Gasteiger partial charge in [-0.3, -0.25) is 4.79 Å². The monoisotopic (exact) mass is 309 g/mol. The summed E-state index contributed by atoms with van der Waals surface area (Å²) in [4.78, 5) is 12.0. The van der Waals surface area contributed by atoms with Gasteiger partial charge in [0, 0.05) is 12.5 Å². The molecule has 1 aliphatic carbocycles. The molecule has 1 amide bonds. The lowest BCUT2D eigenvalue weighted by molar-refractivity contribution is -0.186. The minimum absolute atomic E-state index is 0.0806. The van der Waals surface area contributed by atoms with E-state index in [1.807, 2.05) is 13.8 Å². The van der Waals surface area contributed by atoms with E-state index in [0.717, 1.165) is 0 Å². The van der Waals surface area contributed by atoms with E-state index in [9.17, 15) is 23.1 Å². The van der Waals surface area contributed by atoms with E-state index < -0.39 is 23.6 Å². The molecule has 21 heavy (non-hydrogen) atoms. The number of nitrogens with one attached hydrogen (secondary N) is 1. The first-order chi connectivity index (χ1) is 9.51. The lowest BCUT2D eigenvalue weighted by atomic mass is 9.80. The molecular formula is C15H26F3NO2. The maximum absolute atomic E-state index is 12.7. The van der Waals surface area contributed by atoms with Gasteiger partial charge >= 0.3 is 6.18 Å². The second kappa shape index (κ2) is 6.99. The highest BCUT2D eigenvalue weighted by Crippen LogP contribution is 2.39. The zero-order valence-corrected chi connectivity index (χ0v) is 13.0.